The van der Waals surface area contributed by atoms with Crippen molar-refractivity contribution in [3.8, 4) is 0 Å². The molecular formula is C20H34FIN4O. The molecule has 1 heterocycles. The summed E-state index contributed by atoms with van der Waals surface area (Å²) in [4.78, 5) is 6.94. The zero-order valence-corrected chi connectivity index (χ0v) is 18.6. The van der Waals surface area contributed by atoms with E-state index in [2.05, 4.69) is 20.5 Å². The number of benzene rings is 1. The molecule has 0 aromatic heterocycles. The summed E-state index contributed by atoms with van der Waals surface area (Å²) in [6.45, 7) is 7.23. The van der Waals surface area contributed by atoms with Crippen molar-refractivity contribution in [2.75, 3.05) is 39.3 Å². The number of rotatable bonds is 8. The van der Waals surface area contributed by atoms with Gasteiger partial charge >= 0.3 is 0 Å². The van der Waals surface area contributed by atoms with Crippen molar-refractivity contribution < 1.29 is 9.50 Å². The standard InChI is InChI=1S/C20H33FN4O.HI/c1-2-22-20(23-12-9-15-25-13-7-3-4-8-14-25)24-16-19(26)17-10-5-6-11-18(17)21;/h5-6,10-11,19,26H,2-4,7-9,12-16H2,1H3,(H2,22,23,24);1H. The topological polar surface area (TPSA) is 59.9 Å². The molecule has 1 fully saturated rings. The summed E-state index contributed by atoms with van der Waals surface area (Å²) >= 11 is 0. The van der Waals surface area contributed by atoms with Crippen molar-refractivity contribution in [3.05, 3.63) is 35.6 Å². The smallest absolute Gasteiger partial charge is 0.191 e. The van der Waals surface area contributed by atoms with Crippen LogP contribution in [0, 0.1) is 5.82 Å². The maximum atomic E-state index is 13.7. The van der Waals surface area contributed by atoms with Crippen molar-refractivity contribution in [1.29, 1.82) is 0 Å². The van der Waals surface area contributed by atoms with E-state index in [4.69, 9.17) is 0 Å². The number of aliphatic hydroxyl groups excluding tert-OH is 1. The molecular weight excluding hydrogens is 458 g/mol. The van der Waals surface area contributed by atoms with Crippen LogP contribution in [-0.2, 0) is 0 Å². The first-order valence-corrected chi connectivity index (χ1v) is 9.87. The molecule has 0 radical (unpaired) electrons. The molecule has 1 aromatic carbocycles. The zero-order valence-electron chi connectivity index (χ0n) is 16.3. The summed E-state index contributed by atoms with van der Waals surface area (Å²) in [5.41, 5.74) is 0.285. The Kier molecular flexibility index (Phi) is 12.6. The Morgan fingerprint density at radius 1 is 1.19 bits per heavy atom. The molecule has 1 atom stereocenters. The molecule has 1 aliphatic heterocycles. The Balaban J connectivity index is 0.00000364. The molecule has 0 amide bonds. The van der Waals surface area contributed by atoms with Crippen molar-refractivity contribution >= 4 is 29.9 Å². The largest absolute Gasteiger partial charge is 0.386 e. The van der Waals surface area contributed by atoms with Gasteiger partial charge in [0, 0.05) is 18.7 Å². The van der Waals surface area contributed by atoms with Crippen LogP contribution in [0.5, 0.6) is 0 Å². The summed E-state index contributed by atoms with van der Waals surface area (Å²) in [6, 6.07) is 6.29. The van der Waals surface area contributed by atoms with Crippen LogP contribution in [0.4, 0.5) is 4.39 Å². The number of nitrogens with zero attached hydrogens (tertiary/aromatic N) is 2. The highest BCUT2D eigenvalue weighted by Crippen LogP contribution is 2.16. The third kappa shape index (κ3) is 9.21. The van der Waals surface area contributed by atoms with Gasteiger partial charge in [0.2, 0.25) is 0 Å². The van der Waals surface area contributed by atoms with Crippen LogP contribution in [0.3, 0.4) is 0 Å². The molecule has 1 aromatic rings. The second-order valence-corrected chi connectivity index (χ2v) is 6.79. The zero-order chi connectivity index (χ0) is 18.6. The number of halogens is 2. The fraction of sp³-hybridized carbons (Fsp3) is 0.650. The first-order valence-electron chi connectivity index (χ1n) is 9.87. The van der Waals surface area contributed by atoms with Gasteiger partial charge in [-0.05, 0) is 51.9 Å². The minimum absolute atomic E-state index is 0. The van der Waals surface area contributed by atoms with Crippen molar-refractivity contribution in [2.45, 2.75) is 45.1 Å². The van der Waals surface area contributed by atoms with Gasteiger partial charge in [0.15, 0.2) is 5.96 Å². The van der Waals surface area contributed by atoms with Crippen LogP contribution >= 0.6 is 24.0 Å². The minimum atomic E-state index is -0.941. The van der Waals surface area contributed by atoms with E-state index in [1.54, 1.807) is 18.2 Å². The van der Waals surface area contributed by atoms with Crippen LogP contribution < -0.4 is 10.6 Å². The monoisotopic (exact) mass is 492 g/mol. The SMILES string of the molecule is CCNC(=NCC(O)c1ccccc1F)NCCCN1CCCCCC1.I. The van der Waals surface area contributed by atoms with Gasteiger partial charge in [0.1, 0.15) is 11.9 Å². The van der Waals surface area contributed by atoms with Crippen LogP contribution in [0.25, 0.3) is 0 Å². The van der Waals surface area contributed by atoms with Crippen LogP contribution in [0.2, 0.25) is 0 Å². The Hall–Kier alpha value is -0.930. The van der Waals surface area contributed by atoms with Gasteiger partial charge in [-0.2, -0.15) is 0 Å². The Morgan fingerprint density at radius 3 is 2.56 bits per heavy atom. The van der Waals surface area contributed by atoms with E-state index in [1.165, 1.54) is 44.8 Å². The number of aliphatic imine (C=N–C) groups is 1. The molecule has 0 aliphatic carbocycles. The molecule has 0 saturated carbocycles. The first kappa shape index (κ1) is 24.1. The molecule has 0 bridgehead atoms. The summed E-state index contributed by atoms with van der Waals surface area (Å²) in [5.74, 6) is 0.268. The second-order valence-electron chi connectivity index (χ2n) is 6.79. The molecule has 2 rings (SSSR count). The van der Waals surface area contributed by atoms with E-state index in [0.29, 0.717) is 5.96 Å². The molecule has 7 heteroatoms. The van der Waals surface area contributed by atoms with E-state index in [-0.39, 0.29) is 36.1 Å². The van der Waals surface area contributed by atoms with E-state index < -0.39 is 11.9 Å². The highest BCUT2D eigenvalue weighted by Gasteiger charge is 2.12. The normalized spacial score (nSPS) is 16.9. The average molecular weight is 492 g/mol. The maximum Gasteiger partial charge on any atom is 0.191 e. The lowest BCUT2D eigenvalue weighted by molar-refractivity contribution is 0.182. The lowest BCUT2D eigenvalue weighted by Gasteiger charge is -2.20. The van der Waals surface area contributed by atoms with Crippen LogP contribution in [-0.4, -0.2) is 55.2 Å². The quantitative estimate of drug-likeness (QED) is 0.226. The number of aliphatic hydroxyl groups is 1. The van der Waals surface area contributed by atoms with Gasteiger partial charge in [-0.15, -0.1) is 24.0 Å². The minimum Gasteiger partial charge on any atom is -0.386 e. The van der Waals surface area contributed by atoms with Gasteiger partial charge in [0.05, 0.1) is 6.54 Å². The molecule has 5 nitrogen and oxygen atoms in total. The first-order chi connectivity index (χ1) is 12.7. The molecule has 1 aliphatic rings. The molecule has 0 spiro atoms. The summed E-state index contributed by atoms with van der Waals surface area (Å²) in [5, 5.41) is 16.7. The maximum absolute atomic E-state index is 13.7. The molecule has 27 heavy (non-hydrogen) atoms. The van der Waals surface area contributed by atoms with Gasteiger partial charge in [-0.3, -0.25) is 4.99 Å². The molecule has 154 valence electrons. The predicted molar refractivity (Wildman–Crippen MR) is 120 cm³/mol. The number of likely N-dealkylation sites (tertiary alicyclic amines) is 1. The van der Waals surface area contributed by atoms with Crippen molar-refractivity contribution in [3.63, 3.8) is 0 Å². The van der Waals surface area contributed by atoms with Crippen molar-refractivity contribution in [2.24, 2.45) is 4.99 Å². The second kappa shape index (κ2) is 14.1. The number of nitrogens with one attached hydrogen (secondary N) is 2. The number of hydrogen-bond donors (Lipinski definition) is 3. The van der Waals surface area contributed by atoms with E-state index in [1.807, 2.05) is 6.92 Å². The van der Waals surface area contributed by atoms with E-state index >= 15 is 0 Å². The summed E-state index contributed by atoms with van der Waals surface area (Å²) in [6.07, 6.45) is 5.45. The van der Waals surface area contributed by atoms with Gasteiger partial charge in [0.25, 0.3) is 0 Å². The predicted octanol–water partition coefficient (Wildman–Crippen LogP) is 3.30. The Bertz CT molecular complexity index is 551. The van der Waals surface area contributed by atoms with Gasteiger partial charge < -0.3 is 20.6 Å². The fourth-order valence-electron chi connectivity index (χ4n) is 3.23. The van der Waals surface area contributed by atoms with Gasteiger partial charge in [-0.25, -0.2) is 4.39 Å². The Labute approximate surface area is 179 Å². The molecule has 1 saturated heterocycles. The third-order valence-electron chi connectivity index (χ3n) is 4.67. The van der Waals surface area contributed by atoms with Crippen molar-refractivity contribution in [1.82, 2.24) is 15.5 Å². The summed E-state index contributed by atoms with van der Waals surface area (Å²) in [7, 11) is 0. The van der Waals surface area contributed by atoms with Crippen LogP contribution in [0.15, 0.2) is 29.3 Å². The van der Waals surface area contributed by atoms with E-state index in [0.717, 1.165) is 26.1 Å². The Morgan fingerprint density at radius 2 is 1.89 bits per heavy atom. The molecule has 3 N–H and O–H groups in total. The highest BCUT2D eigenvalue weighted by molar-refractivity contribution is 14.0. The average Bonchev–Trinajstić information content (AvgIpc) is 2.92. The highest BCUT2D eigenvalue weighted by atomic mass is 127. The fourth-order valence-corrected chi connectivity index (χ4v) is 3.23. The number of hydrogen-bond acceptors (Lipinski definition) is 3. The van der Waals surface area contributed by atoms with E-state index in [9.17, 15) is 9.50 Å². The molecule has 1 unspecified atom stereocenters. The summed E-state index contributed by atoms with van der Waals surface area (Å²) < 4.78 is 13.7. The lowest BCUT2D eigenvalue weighted by Crippen LogP contribution is -2.39. The lowest BCUT2D eigenvalue weighted by atomic mass is 10.1. The number of guanidine groups is 1. The van der Waals surface area contributed by atoms with Gasteiger partial charge in [-0.1, -0.05) is 31.0 Å². The van der Waals surface area contributed by atoms with Crippen LogP contribution in [0.1, 0.15) is 50.7 Å². The third-order valence-corrected chi connectivity index (χ3v) is 4.67.